The third kappa shape index (κ3) is 6.83. The summed E-state index contributed by atoms with van der Waals surface area (Å²) in [6.07, 6.45) is 1.41. The molecule has 2 fully saturated rings. The number of benzene rings is 1. The number of likely N-dealkylation sites (tertiary alicyclic amines) is 1. The predicted molar refractivity (Wildman–Crippen MR) is 157 cm³/mol. The van der Waals surface area contributed by atoms with Crippen LogP contribution in [0.15, 0.2) is 60.9 Å². The zero-order valence-electron chi connectivity index (χ0n) is 24.1. The maximum absolute atomic E-state index is 13.3. The van der Waals surface area contributed by atoms with Gasteiger partial charge in [0.1, 0.15) is 5.69 Å². The number of hydrogen-bond acceptors (Lipinski definition) is 6. The molecule has 0 aliphatic carbocycles. The number of aromatic amines is 1. The number of fused-ring (bicyclic) bond motifs is 1. The monoisotopic (exact) mass is 592 g/mol. The van der Waals surface area contributed by atoms with Crippen molar-refractivity contribution in [3.63, 3.8) is 0 Å². The molecule has 0 bridgehead atoms. The van der Waals surface area contributed by atoms with E-state index in [0.29, 0.717) is 50.2 Å². The lowest BCUT2D eigenvalue weighted by Gasteiger charge is -2.34. The number of nitrogens with one attached hydrogen (secondary N) is 1. The minimum Gasteiger partial charge on any atom is -0.481 e. The van der Waals surface area contributed by atoms with Gasteiger partial charge < -0.3 is 14.6 Å². The van der Waals surface area contributed by atoms with Crippen molar-refractivity contribution in [1.29, 1.82) is 0 Å². The first-order chi connectivity index (χ1) is 20.7. The fourth-order valence-electron chi connectivity index (χ4n) is 5.99. The van der Waals surface area contributed by atoms with E-state index in [-0.39, 0.29) is 5.91 Å². The molecule has 4 aromatic rings. The number of H-pyrrole nitrogens is 1. The van der Waals surface area contributed by atoms with Crippen LogP contribution in [-0.2, 0) is 19.3 Å². The zero-order chi connectivity index (χ0) is 30.0. The largest absolute Gasteiger partial charge is 0.481 e. The molecule has 43 heavy (non-hydrogen) atoms. The number of rotatable bonds is 7. The van der Waals surface area contributed by atoms with Gasteiger partial charge >= 0.3 is 6.18 Å². The highest BCUT2D eigenvalue weighted by Gasteiger charge is 2.30. The fourth-order valence-corrected chi connectivity index (χ4v) is 5.99. The first-order valence-corrected chi connectivity index (χ1v) is 14.6. The van der Waals surface area contributed by atoms with Gasteiger partial charge in [0.2, 0.25) is 5.88 Å². The van der Waals surface area contributed by atoms with E-state index in [1.807, 2.05) is 29.4 Å². The Morgan fingerprint density at radius 3 is 2.21 bits per heavy atom. The highest BCUT2D eigenvalue weighted by Crippen LogP contribution is 2.31. The van der Waals surface area contributed by atoms with Crippen LogP contribution in [0.3, 0.4) is 0 Å². The second-order valence-corrected chi connectivity index (χ2v) is 11.4. The average molecular weight is 593 g/mol. The summed E-state index contributed by atoms with van der Waals surface area (Å²) in [5.74, 6) is 0.950. The van der Waals surface area contributed by atoms with Crippen molar-refractivity contribution in [2.45, 2.75) is 38.0 Å². The molecule has 0 unspecified atom stereocenters. The zero-order valence-corrected chi connectivity index (χ0v) is 24.1. The van der Waals surface area contributed by atoms with Gasteiger partial charge in [-0.15, -0.1) is 0 Å². The number of carbonyl (C=O) groups is 1. The van der Waals surface area contributed by atoms with Gasteiger partial charge in [0, 0.05) is 68.5 Å². The molecule has 0 saturated carbocycles. The predicted octanol–water partition coefficient (Wildman–Crippen LogP) is 5.32. The Labute approximate surface area is 248 Å². The van der Waals surface area contributed by atoms with Gasteiger partial charge in [-0.25, -0.2) is 4.98 Å². The normalized spacial score (nSPS) is 17.4. The lowest BCUT2D eigenvalue weighted by atomic mass is 9.92. The number of alkyl halides is 3. The van der Waals surface area contributed by atoms with Gasteiger partial charge in [-0.2, -0.15) is 13.2 Å². The molecule has 1 N–H and O–H groups in total. The van der Waals surface area contributed by atoms with Gasteiger partial charge in [-0.05, 0) is 61.3 Å². The van der Waals surface area contributed by atoms with Crippen molar-refractivity contribution in [3.8, 4) is 5.88 Å². The van der Waals surface area contributed by atoms with E-state index in [9.17, 15) is 18.0 Å². The van der Waals surface area contributed by atoms with Crippen LogP contribution in [0.1, 0.15) is 51.6 Å². The summed E-state index contributed by atoms with van der Waals surface area (Å²) >= 11 is 0. The van der Waals surface area contributed by atoms with E-state index < -0.39 is 11.7 Å². The Balaban J connectivity index is 1.01. The van der Waals surface area contributed by atoms with Gasteiger partial charge in [0.05, 0.1) is 24.4 Å². The summed E-state index contributed by atoms with van der Waals surface area (Å²) < 4.78 is 43.7. The Bertz CT molecular complexity index is 1540. The lowest BCUT2D eigenvalue weighted by Crippen LogP contribution is -2.48. The number of pyridine rings is 2. The van der Waals surface area contributed by atoms with E-state index in [1.165, 1.54) is 17.7 Å². The average Bonchev–Trinajstić information content (AvgIpc) is 3.45. The van der Waals surface area contributed by atoms with Crippen LogP contribution < -0.4 is 4.74 Å². The molecule has 1 aromatic carbocycles. The summed E-state index contributed by atoms with van der Waals surface area (Å²) in [6.45, 7) is 5.82. The van der Waals surface area contributed by atoms with E-state index >= 15 is 0 Å². The summed E-state index contributed by atoms with van der Waals surface area (Å²) in [5.41, 5.74) is 3.81. The second kappa shape index (κ2) is 12.3. The second-order valence-electron chi connectivity index (χ2n) is 11.4. The SMILES string of the molecule is COc1ccc(CN2CCC(c3cc4cc(C(=O)N5CCN(Cc6ccc(C(F)(F)F)cc6)CC5)[nH]c4cn3)CC2)cn1. The van der Waals surface area contributed by atoms with Crippen LogP contribution in [0.5, 0.6) is 5.88 Å². The third-order valence-electron chi connectivity index (χ3n) is 8.52. The van der Waals surface area contributed by atoms with E-state index in [1.54, 1.807) is 7.11 Å². The van der Waals surface area contributed by atoms with E-state index in [0.717, 1.165) is 66.8 Å². The Morgan fingerprint density at radius 2 is 1.56 bits per heavy atom. The molecule has 6 rings (SSSR count). The number of halogens is 3. The number of hydrogen-bond donors (Lipinski definition) is 1. The van der Waals surface area contributed by atoms with Crippen molar-refractivity contribution in [3.05, 3.63) is 89.0 Å². The fraction of sp³-hybridized carbons (Fsp3) is 0.406. The van der Waals surface area contributed by atoms with Crippen LogP contribution in [0, 0.1) is 0 Å². The molecule has 8 nitrogen and oxygen atoms in total. The molecule has 1 amide bonds. The summed E-state index contributed by atoms with van der Waals surface area (Å²) in [5, 5.41) is 0.987. The maximum Gasteiger partial charge on any atom is 0.416 e. The summed E-state index contributed by atoms with van der Waals surface area (Å²) in [6, 6.07) is 13.3. The first-order valence-electron chi connectivity index (χ1n) is 14.6. The standard InChI is InChI=1S/C32H35F3N6O2/c1-43-30-7-4-23(18-37-30)21-39-10-8-24(9-11-39)27-16-25-17-28(38-29(25)19-36-27)31(42)41-14-12-40(13-15-41)20-22-2-5-26(6-3-22)32(33,34)35/h2-7,16-19,24,38H,8-15,20-21H2,1H3. The Kier molecular flexibility index (Phi) is 8.36. The Morgan fingerprint density at radius 1 is 0.884 bits per heavy atom. The molecular weight excluding hydrogens is 557 g/mol. The van der Waals surface area contributed by atoms with Crippen LogP contribution in [0.4, 0.5) is 13.2 Å². The van der Waals surface area contributed by atoms with Crippen molar-refractivity contribution >= 4 is 16.8 Å². The summed E-state index contributed by atoms with van der Waals surface area (Å²) in [7, 11) is 1.62. The van der Waals surface area contributed by atoms with Crippen molar-refractivity contribution < 1.29 is 22.7 Å². The summed E-state index contributed by atoms with van der Waals surface area (Å²) in [4.78, 5) is 32.0. The minimum absolute atomic E-state index is 0.0479. The molecule has 3 aromatic heterocycles. The van der Waals surface area contributed by atoms with Crippen LogP contribution in [0.2, 0.25) is 0 Å². The number of nitrogens with zero attached hydrogens (tertiary/aromatic N) is 5. The number of methoxy groups -OCH3 is 1. The van der Waals surface area contributed by atoms with Gasteiger partial charge in [0.25, 0.3) is 5.91 Å². The number of ether oxygens (including phenoxy) is 1. The first kappa shape index (κ1) is 29.1. The number of piperazine rings is 1. The topological polar surface area (TPSA) is 77.6 Å². The molecule has 5 heterocycles. The molecule has 0 spiro atoms. The molecule has 11 heteroatoms. The van der Waals surface area contributed by atoms with E-state index in [4.69, 9.17) is 9.72 Å². The maximum atomic E-state index is 13.3. The number of aromatic nitrogens is 3. The minimum atomic E-state index is -4.33. The van der Waals surface area contributed by atoms with Gasteiger partial charge in [0.15, 0.2) is 0 Å². The van der Waals surface area contributed by atoms with Crippen LogP contribution >= 0.6 is 0 Å². The van der Waals surface area contributed by atoms with Crippen molar-refractivity contribution in [1.82, 2.24) is 29.7 Å². The number of piperidine rings is 1. The lowest BCUT2D eigenvalue weighted by molar-refractivity contribution is -0.137. The van der Waals surface area contributed by atoms with E-state index in [2.05, 4.69) is 31.9 Å². The molecule has 2 saturated heterocycles. The molecule has 0 radical (unpaired) electrons. The number of carbonyl (C=O) groups excluding carboxylic acids is 1. The van der Waals surface area contributed by atoms with Crippen molar-refractivity contribution in [2.24, 2.45) is 0 Å². The van der Waals surface area contributed by atoms with Gasteiger partial charge in [-0.3, -0.25) is 19.6 Å². The van der Waals surface area contributed by atoms with Crippen LogP contribution in [0.25, 0.3) is 10.9 Å². The smallest absolute Gasteiger partial charge is 0.416 e. The molecule has 226 valence electrons. The molecule has 2 aliphatic rings. The van der Waals surface area contributed by atoms with Crippen molar-refractivity contribution in [2.75, 3.05) is 46.4 Å². The quantitative estimate of drug-likeness (QED) is 0.313. The Hall–Kier alpha value is -3.96. The van der Waals surface area contributed by atoms with Crippen LogP contribution in [-0.4, -0.2) is 81.9 Å². The molecule has 2 aliphatic heterocycles. The number of amides is 1. The highest BCUT2D eigenvalue weighted by atomic mass is 19.4. The molecular formula is C32H35F3N6O2. The third-order valence-corrected chi connectivity index (χ3v) is 8.52. The molecule has 0 atom stereocenters. The van der Waals surface area contributed by atoms with Gasteiger partial charge in [-0.1, -0.05) is 18.2 Å². The highest BCUT2D eigenvalue weighted by molar-refractivity contribution is 5.98.